The van der Waals surface area contributed by atoms with Crippen LogP contribution in [0.3, 0.4) is 0 Å². The van der Waals surface area contributed by atoms with Crippen molar-refractivity contribution in [3.05, 3.63) is 23.3 Å². The second-order valence-corrected chi connectivity index (χ2v) is 7.15. The molecule has 0 unspecified atom stereocenters. The van der Waals surface area contributed by atoms with Crippen molar-refractivity contribution in [2.45, 2.75) is 33.1 Å². The van der Waals surface area contributed by atoms with E-state index in [2.05, 4.69) is 29.1 Å². The summed E-state index contributed by atoms with van der Waals surface area (Å²) in [5, 5.41) is 3.28. The molecule has 18 heavy (non-hydrogen) atoms. The van der Waals surface area contributed by atoms with Crippen LogP contribution in [-0.2, 0) is 22.1 Å². The first kappa shape index (κ1) is 15.0. The molecule has 0 aliphatic rings. The van der Waals surface area contributed by atoms with Crippen molar-refractivity contribution >= 4 is 9.84 Å². The van der Waals surface area contributed by atoms with Crippen LogP contribution in [0.5, 0.6) is 0 Å². The van der Waals surface area contributed by atoms with Crippen LogP contribution >= 0.6 is 0 Å². The zero-order valence-electron chi connectivity index (χ0n) is 11.4. The normalized spacial score (nSPS) is 12.1. The highest BCUT2D eigenvalue weighted by Gasteiger charge is 2.09. The maximum atomic E-state index is 11.2. The van der Waals surface area contributed by atoms with Crippen molar-refractivity contribution in [3.63, 3.8) is 0 Å². The summed E-state index contributed by atoms with van der Waals surface area (Å²) in [5.41, 5.74) is 1.63. The Morgan fingerprint density at radius 2 is 2.00 bits per heavy atom. The number of hydrogen-bond donors (Lipinski definition) is 1. The molecule has 102 valence electrons. The zero-order valence-corrected chi connectivity index (χ0v) is 12.2. The van der Waals surface area contributed by atoms with Crippen molar-refractivity contribution in [1.29, 1.82) is 0 Å². The number of aromatic nitrogens is 2. The number of nitrogens with zero attached hydrogens (tertiary/aromatic N) is 2. The molecule has 0 aliphatic heterocycles. The lowest BCUT2D eigenvalue weighted by Crippen LogP contribution is -2.20. The summed E-state index contributed by atoms with van der Waals surface area (Å²) >= 11 is 0. The summed E-state index contributed by atoms with van der Waals surface area (Å²) in [4.78, 5) is 8.41. The summed E-state index contributed by atoms with van der Waals surface area (Å²) in [6.07, 6.45) is 1.19. The van der Waals surface area contributed by atoms with Gasteiger partial charge in [-0.2, -0.15) is 0 Å². The Kier molecular flexibility index (Phi) is 5.22. The van der Waals surface area contributed by atoms with E-state index in [1.54, 1.807) is 0 Å². The van der Waals surface area contributed by atoms with Crippen LogP contribution < -0.4 is 5.32 Å². The third kappa shape index (κ3) is 6.07. The van der Waals surface area contributed by atoms with Crippen LogP contribution in [0, 0.1) is 12.8 Å². The largest absolute Gasteiger partial charge is 0.311 e. The first-order valence-corrected chi connectivity index (χ1v) is 8.04. The van der Waals surface area contributed by atoms with Crippen molar-refractivity contribution in [3.8, 4) is 0 Å². The molecule has 1 aromatic rings. The highest BCUT2D eigenvalue weighted by atomic mass is 32.2. The predicted octanol–water partition coefficient (Wildman–Crippen LogP) is 1.08. The lowest BCUT2D eigenvalue weighted by molar-refractivity contribution is 0.547. The fourth-order valence-electron chi connectivity index (χ4n) is 1.58. The summed E-state index contributed by atoms with van der Waals surface area (Å²) in [7, 11) is -3.09. The Labute approximate surface area is 109 Å². The molecular weight excluding hydrogens is 250 g/mol. The van der Waals surface area contributed by atoms with Gasteiger partial charge in [-0.1, -0.05) is 13.8 Å². The van der Waals surface area contributed by atoms with Crippen molar-refractivity contribution in [2.75, 3.05) is 12.8 Å². The van der Waals surface area contributed by atoms with Crippen LogP contribution in [0.1, 0.15) is 31.1 Å². The summed E-state index contributed by atoms with van der Waals surface area (Å²) in [6, 6.07) is 1.87. The van der Waals surface area contributed by atoms with Crippen LogP contribution in [0.4, 0.5) is 0 Å². The highest BCUT2D eigenvalue weighted by Crippen LogP contribution is 2.04. The molecule has 5 nitrogen and oxygen atoms in total. The Morgan fingerprint density at radius 1 is 1.33 bits per heavy atom. The van der Waals surface area contributed by atoms with Gasteiger partial charge >= 0.3 is 0 Å². The van der Waals surface area contributed by atoms with Crippen molar-refractivity contribution in [1.82, 2.24) is 15.3 Å². The van der Waals surface area contributed by atoms with E-state index in [1.807, 2.05) is 13.0 Å². The Balaban J connectivity index is 2.75. The quantitative estimate of drug-likeness (QED) is 0.838. The standard InChI is InChI=1S/C12H21N3O2S/c1-9(2)6-13-7-11-5-10(3)14-12(15-11)8-18(4,16)17/h5,9,13H,6-8H2,1-4H3. The van der Waals surface area contributed by atoms with Crippen LogP contribution in [-0.4, -0.2) is 31.2 Å². The maximum Gasteiger partial charge on any atom is 0.154 e. The molecule has 1 rings (SSSR count). The van der Waals surface area contributed by atoms with E-state index in [-0.39, 0.29) is 5.75 Å². The minimum Gasteiger partial charge on any atom is -0.311 e. The van der Waals surface area contributed by atoms with Gasteiger partial charge in [-0.15, -0.1) is 0 Å². The molecule has 0 saturated carbocycles. The van der Waals surface area contributed by atoms with Gasteiger partial charge in [0.25, 0.3) is 0 Å². The fourth-order valence-corrected chi connectivity index (χ4v) is 2.18. The van der Waals surface area contributed by atoms with E-state index in [9.17, 15) is 8.42 Å². The van der Waals surface area contributed by atoms with Gasteiger partial charge in [-0.25, -0.2) is 18.4 Å². The van der Waals surface area contributed by atoms with Gasteiger partial charge in [-0.05, 0) is 25.5 Å². The van der Waals surface area contributed by atoms with Gasteiger partial charge in [0.1, 0.15) is 11.6 Å². The number of aryl methyl sites for hydroxylation is 1. The van der Waals surface area contributed by atoms with Gasteiger partial charge in [0.05, 0.1) is 5.69 Å². The lowest BCUT2D eigenvalue weighted by atomic mass is 10.2. The van der Waals surface area contributed by atoms with E-state index in [4.69, 9.17) is 0 Å². The third-order valence-corrected chi connectivity index (χ3v) is 2.99. The minimum atomic E-state index is -3.09. The minimum absolute atomic E-state index is 0.105. The monoisotopic (exact) mass is 271 g/mol. The Bertz CT molecular complexity index is 498. The molecule has 0 aromatic carbocycles. The molecule has 0 bridgehead atoms. The van der Waals surface area contributed by atoms with Gasteiger partial charge in [-0.3, -0.25) is 0 Å². The molecule has 0 aliphatic carbocycles. The van der Waals surface area contributed by atoms with Gasteiger partial charge in [0.2, 0.25) is 0 Å². The number of rotatable bonds is 6. The number of hydrogen-bond acceptors (Lipinski definition) is 5. The van der Waals surface area contributed by atoms with E-state index >= 15 is 0 Å². The molecule has 0 radical (unpaired) electrons. The number of nitrogens with one attached hydrogen (secondary N) is 1. The maximum absolute atomic E-state index is 11.2. The molecule has 0 atom stereocenters. The topological polar surface area (TPSA) is 72.0 Å². The smallest absolute Gasteiger partial charge is 0.154 e. The zero-order chi connectivity index (χ0) is 13.8. The Morgan fingerprint density at radius 3 is 2.56 bits per heavy atom. The average Bonchev–Trinajstić information content (AvgIpc) is 2.12. The summed E-state index contributed by atoms with van der Waals surface area (Å²) in [6.45, 7) is 7.66. The van der Waals surface area contributed by atoms with Crippen molar-refractivity contribution in [2.24, 2.45) is 5.92 Å². The molecule has 0 saturated heterocycles. The van der Waals surface area contributed by atoms with Crippen LogP contribution in [0.25, 0.3) is 0 Å². The summed E-state index contributed by atoms with van der Waals surface area (Å²) in [5.74, 6) is 0.841. The first-order valence-electron chi connectivity index (χ1n) is 5.98. The van der Waals surface area contributed by atoms with Crippen LogP contribution in [0.2, 0.25) is 0 Å². The predicted molar refractivity (Wildman–Crippen MR) is 71.9 cm³/mol. The molecule has 1 aromatic heterocycles. The fraction of sp³-hybridized carbons (Fsp3) is 0.667. The third-order valence-electron chi connectivity index (χ3n) is 2.20. The van der Waals surface area contributed by atoms with Gasteiger partial charge in [0, 0.05) is 18.5 Å². The molecule has 1 heterocycles. The molecule has 0 fully saturated rings. The van der Waals surface area contributed by atoms with Gasteiger partial charge < -0.3 is 5.32 Å². The Hall–Kier alpha value is -1.01. The SMILES string of the molecule is Cc1cc(CNCC(C)C)nc(CS(C)(=O)=O)n1. The van der Waals surface area contributed by atoms with Crippen LogP contribution in [0.15, 0.2) is 6.07 Å². The van der Waals surface area contributed by atoms with E-state index in [0.29, 0.717) is 18.3 Å². The number of sulfone groups is 1. The van der Waals surface area contributed by atoms with Gasteiger partial charge in [0.15, 0.2) is 9.84 Å². The first-order chi connectivity index (χ1) is 8.26. The van der Waals surface area contributed by atoms with E-state index < -0.39 is 9.84 Å². The van der Waals surface area contributed by atoms with E-state index in [1.165, 1.54) is 6.26 Å². The molecule has 0 amide bonds. The molecule has 6 heteroatoms. The molecule has 1 N–H and O–H groups in total. The van der Waals surface area contributed by atoms with Crippen molar-refractivity contribution < 1.29 is 8.42 Å². The second-order valence-electron chi connectivity index (χ2n) is 5.01. The highest BCUT2D eigenvalue weighted by molar-refractivity contribution is 7.89. The molecule has 0 spiro atoms. The second kappa shape index (κ2) is 6.24. The average molecular weight is 271 g/mol. The van der Waals surface area contributed by atoms with E-state index in [0.717, 1.165) is 17.9 Å². The molecular formula is C12H21N3O2S. The summed E-state index contributed by atoms with van der Waals surface area (Å²) < 4.78 is 22.5. The lowest BCUT2D eigenvalue weighted by Gasteiger charge is -2.08.